The van der Waals surface area contributed by atoms with Gasteiger partial charge in [0.05, 0.1) is 23.0 Å². The predicted octanol–water partition coefficient (Wildman–Crippen LogP) is -0.708. The summed E-state index contributed by atoms with van der Waals surface area (Å²) in [6.07, 6.45) is 0. The van der Waals surface area contributed by atoms with Crippen LogP contribution in [0.5, 0.6) is 0 Å². The quantitative estimate of drug-likeness (QED) is 0.640. The number of carbonyl (C=O) groups excluding carboxylic acids is 1. The Morgan fingerprint density at radius 1 is 1.09 bits per heavy atom. The van der Waals surface area contributed by atoms with Crippen molar-refractivity contribution >= 4 is 25.6 Å². The lowest BCUT2D eigenvalue weighted by molar-refractivity contribution is -0.118. The Bertz CT molecular complexity index is 707. The zero-order valence-electron chi connectivity index (χ0n) is 12.1. The van der Waals surface area contributed by atoms with Crippen molar-refractivity contribution in [2.45, 2.75) is 11.8 Å². The van der Waals surface area contributed by atoms with E-state index in [-0.39, 0.29) is 18.0 Å². The van der Waals surface area contributed by atoms with Crippen molar-refractivity contribution in [3.63, 3.8) is 0 Å². The Morgan fingerprint density at radius 2 is 1.68 bits per heavy atom. The Balaban J connectivity index is 2.67. The van der Waals surface area contributed by atoms with E-state index in [1.54, 1.807) is 12.1 Å². The van der Waals surface area contributed by atoms with E-state index in [9.17, 15) is 21.6 Å². The highest BCUT2D eigenvalue weighted by molar-refractivity contribution is 7.95. The number of aliphatic hydroxyl groups is 1. The Kier molecular flexibility index (Phi) is 6.51. The van der Waals surface area contributed by atoms with Crippen LogP contribution in [0, 0.1) is 6.92 Å². The summed E-state index contributed by atoms with van der Waals surface area (Å²) >= 11 is 0. The second-order valence-corrected chi connectivity index (χ2v) is 9.09. The minimum atomic E-state index is -3.83. The summed E-state index contributed by atoms with van der Waals surface area (Å²) in [4.78, 5) is 11.4. The number of amides is 1. The average molecular weight is 349 g/mol. The monoisotopic (exact) mass is 349 g/mol. The van der Waals surface area contributed by atoms with Crippen LogP contribution in [0.25, 0.3) is 0 Å². The molecular weight excluding hydrogens is 330 g/mol. The molecule has 0 fully saturated rings. The van der Waals surface area contributed by atoms with Gasteiger partial charge < -0.3 is 10.4 Å². The minimum absolute atomic E-state index is 0.0456. The molecule has 0 aliphatic carbocycles. The molecule has 1 aromatic rings. The lowest BCUT2D eigenvalue weighted by atomic mass is 10.2. The minimum Gasteiger partial charge on any atom is -0.395 e. The summed E-state index contributed by atoms with van der Waals surface area (Å²) in [6, 6.07) is 6.10. The summed E-state index contributed by atoms with van der Waals surface area (Å²) in [5.74, 6) is -2.76. The molecule has 0 bridgehead atoms. The number of aryl methyl sites for hydroxylation is 1. The molecule has 9 heteroatoms. The molecule has 124 valence electrons. The highest BCUT2D eigenvalue weighted by Crippen LogP contribution is 2.12. The lowest BCUT2D eigenvalue weighted by Gasteiger charge is -2.07. The van der Waals surface area contributed by atoms with Gasteiger partial charge in [0, 0.05) is 6.54 Å². The van der Waals surface area contributed by atoms with Gasteiger partial charge in [-0.15, -0.1) is 0 Å². The molecule has 0 aromatic heterocycles. The second-order valence-electron chi connectivity index (χ2n) is 4.80. The van der Waals surface area contributed by atoms with Gasteiger partial charge in [-0.2, -0.15) is 0 Å². The molecular formula is C13H19NO6S2. The van der Waals surface area contributed by atoms with Crippen molar-refractivity contribution in [3.05, 3.63) is 29.8 Å². The first-order valence-corrected chi connectivity index (χ1v) is 10.0. The maximum Gasteiger partial charge on any atom is 0.235 e. The smallest absolute Gasteiger partial charge is 0.235 e. The summed E-state index contributed by atoms with van der Waals surface area (Å²) in [6.45, 7) is 1.47. The van der Waals surface area contributed by atoms with Crippen molar-refractivity contribution < 1.29 is 26.7 Å². The van der Waals surface area contributed by atoms with E-state index in [2.05, 4.69) is 5.32 Å². The fourth-order valence-corrected chi connectivity index (χ4v) is 4.94. The molecule has 7 nitrogen and oxygen atoms in total. The Hall–Kier alpha value is -1.45. The van der Waals surface area contributed by atoms with E-state index in [1.165, 1.54) is 12.1 Å². The third-order valence-corrected chi connectivity index (χ3v) is 6.35. The van der Waals surface area contributed by atoms with Gasteiger partial charge in [-0.1, -0.05) is 17.7 Å². The fraction of sp³-hybridized carbons (Fsp3) is 0.462. The number of hydrogen-bond acceptors (Lipinski definition) is 6. The molecule has 0 radical (unpaired) electrons. The maximum absolute atomic E-state index is 12.0. The van der Waals surface area contributed by atoms with E-state index in [0.717, 1.165) is 5.56 Å². The van der Waals surface area contributed by atoms with Gasteiger partial charge in [0.2, 0.25) is 5.91 Å². The third kappa shape index (κ3) is 6.12. The van der Waals surface area contributed by atoms with Crippen molar-refractivity contribution in [2.24, 2.45) is 0 Å². The zero-order chi connectivity index (χ0) is 16.8. The normalized spacial score (nSPS) is 12.1. The van der Waals surface area contributed by atoms with Crippen LogP contribution in [0.15, 0.2) is 29.2 Å². The lowest BCUT2D eigenvalue weighted by Crippen LogP contribution is -2.34. The fourth-order valence-electron chi connectivity index (χ4n) is 1.62. The average Bonchev–Trinajstić information content (AvgIpc) is 2.43. The molecule has 1 rings (SSSR count). The van der Waals surface area contributed by atoms with Crippen LogP contribution in [-0.4, -0.2) is 58.3 Å². The van der Waals surface area contributed by atoms with Gasteiger partial charge in [0.15, 0.2) is 19.7 Å². The number of nitrogens with one attached hydrogen (secondary N) is 1. The maximum atomic E-state index is 12.0. The topological polar surface area (TPSA) is 118 Å². The zero-order valence-corrected chi connectivity index (χ0v) is 13.8. The van der Waals surface area contributed by atoms with Crippen LogP contribution in [0.4, 0.5) is 0 Å². The van der Waals surface area contributed by atoms with Crippen molar-refractivity contribution in [2.75, 3.05) is 30.4 Å². The first-order valence-electron chi connectivity index (χ1n) is 6.54. The van der Waals surface area contributed by atoms with E-state index in [0.29, 0.717) is 0 Å². The van der Waals surface area contributed by atoms with E-state index >= 15 is 0 Å². The van der Waals surface area contributed by atoms with Crippen molar-refractivity contribution in [1.29, 1.82) is 0 Å². The predicted molar refractivity (Wildman–Crippen MR) is 82.0 cm³/mol. The molecule has 0 aliphatic rings. The SMILES string of the molecule is Cc1ccc(S(=O)(=O)CCS(=O)(=O)CC(=O)NCCO)cc1. The largest absolute Gasteiger partial charge is 0.395 e. The van der Waals surface area contributed by atoms with Gasteiger partial charge >= 0.3 is 0 Å². The van der Waals surface area contributed by atoms with Crippen LogP contribution < -0.4 is 5.32 Å². The van der Waals surface area contributed by atoms with Gasteiger partial charge in [0.25, 0.3) is 0 Å². The Labute approximate surface area is 130 Å². The van der Waals surface area contributed by atoms with Gasteiger partial charge in [-0.3, -0.25) is 4.79 Å². The van der Waals surface area contributed by atoms with E-state index in [1.807, 2.05) is 6.92 Å². The first-order chi connectivity index (χ1) is 10.2. The highest BCUT2D eigenvalue weighted by Gasteiger charge is 2.22. The Morgan fingerprint density at radius 3 is 2.23 bits per heavy atom. The number of hydrogen-bond donors (Lipinski definition) is 2. The summed E-state index contributed by atoms with van der Waals surface area (Å²) < 4.78 is 47.6. The molecule has 0 heterocycles. The number of rotatable bonds is 8. The van der Waals surface area contributed by atoms with E-state index in [4.69, 9.17) is 5.11 Å². The van der Waals surface area contributed by atoms with Crippen LogP contribution in [0.3, 0.4) is 0 Å². The molecule has 0 unspecified atom stereocenters. The number of aliphatic hydroxyl groups excluding tert-OH is 1. The van der Waals surface area contributed by atoms with E-state index < -0.39 is 42.8 Å². The molecule has 0 saturated carbocycles. The molecule has 1 amide bonds. The molecule has 0 saturated heterocycles. The van der Waals surface area contributed by atoms with Gasteiger partial charge in [-0.25, -0.2) is 16.8 Å². The molecule has 1 aromatic carbocycles. The standard InChI is InChI=1S/C13H19NO6S2/c1-11-2-4-12(5-3-11)22(19,20)9-8-21(17,18)10-13(16)14-6-7-15/h2-5,15H,6-10H2,1H3,(H,14,16). The van der Waals surface area contributed by atoms with Crippen molar-refractivity contribution in [1.82, 2.24) is 5.32 Å². The molecule has 0 atom stereocenters. The number of benzene rings is 1. The van der Waals surface area contributed by atoms with Crippen LogP contribution in [0.2, 0.25) is 0 Å². The molecule has 0 spiro atoms. The van der Waals surface area contributed by atoms with Gasteiger partial charge in [0.1, 0.15) is 5.75 Å². The van der Waals surface area contributed by atoms with Crippen LogP contribution in [0.1, 0.15) is 5.56 Å². The third-order valence-electron chi connectivity index (χ3n) is 2.83. The highest BCUT2D eigenvalue weighted by atomic mass is 32.2. The first kappa shape index (κ1) is 18.6. The molecule has 22 heavy (non-hydrogen) atoms. The second kappa shape index (κ2) is 7.70. The van der Waals surface area contributed by atoms with Crippen LogP contribution in [-0.2, 0) is 24.5 Å². The summed E-state index contributed by atoms with van der Waals surface area (Å²) in [7, 11) is -7.55. The summed E-state index contributed by atoms with van der Waals surface area (Å²) in [5.41, 5.74) is 0.895. The molecule has 2 N–H and O–H groups in total. The number of carbonyl (C=O) groups is 1. The molecule has 0 aliphatic heterocycles. The van der Waals surface area contributed by atoms with Gasteiger partial charge in [-0.05, 0) is 19.1 Å². The number of sulfone groups is 2. The summed E-state index contributed by atoms with van der Waals surface area (Å²) in [5, 5.41) is 10.7. The van der Waals surface area contributed by atoms with Crippen LogP contribution >= 0.6 is 0 Å². The van der Waals surface area contributed by atoms with Crippen molar-refractivity contribution in [3.8, 4) is 0 Å².